The van der Waals surface area contributed by atoms with E-state index in [2.05, 4.69) is 61.7 Å². The molecule has 0 atom stereocenters. The molecule has 1 aromatic carbocycles. The SMILES string of the molecule is CCc1ccc(-c2csc3nc(C(C)(C)C)c(CN)n23)cc1. The minimum atomic E-state index is 0.00375. The summed E-state index contributed by atoms with van der Waals surface area (Å²) in [5.74, 6) is 0. The van der Waals surface area contributed by atoms with Crippen molar-refractivity contribution in [1.29, 1.82) is 0 Å². The number of hydrogen-bond acceptors (Lipinski definition) is 3. The number of nitrogens with two attached hydrogens (primary N) is 1. The molecule has 0 aliphatic rings. The molecule has 0 amide bonds. The molecule has 0 saturated heterocycles. The van der Waals surface area contributed by atoms with Crippen LogP contribution in [0.3, 0.4) is 0 Å². The van der Waals surface area contributed by atoms with Crippen LogP contribution in [0.2, 0.25) is 0 Å². The van der Waals surface area contributed by atoms with Gasteiger partial charge >= 0.3 is 0 Å². The molecule has 0 aliphatic carbocycles. The monoisotopic (exact) mass is 313 g/mol. The predicted octanol–water partition coefficient (Wildman–Crippen LogP) is 4.38. The summed E-state index contributed by atoms with van der Waals surface area (Å²) in [6.45, 7) is 9.25. The fraction of sp³-hybridized carbons (Fsp3) is 0.389. The third-order valence-corrected chi connectivity index (χ3v) is 4.85. The van der Waals surface area contributed by atoms with Crippen molar-refractivity contribution in [3.05, 3.63) is 46.6 Å². The van der Waals surface area contributed by atoms with Gasteiger partial charge in [-0.2, -0.15) is 0 Å². The summed E-state index contributed by atoms with van der Waals surface area (Å²) in [6.07, 6.45) is 1.06. The summed E-state index contributed by atoms with van der Waals surface area (Å²) in [5.41, 5.74) is 12.0. The van der Waals surface area contributed by atoms with Crippen molar-refractivity contribution < 1.29 is 0 Å². The number of hydrogen-bond donors (Lipinski definition) is 1. The van der Waals surface area contributed by atoms with Crippen molar-refractivity contribution in [2.45, 2.75) is 46.1 Å². The highest BCUT2D eigenvalue weighted by atomic mass is 32.1. The van der Waals surface area contributed by atoms with Gasteiger partial charge in [0.05, 0.1) is 17.1 Å². The summed E-state index contributed by atoms with van der Waals surface area (Å²) < 4.78 is 2.23. The molecule has 2 aromatic heterocycles. The normalized spacial score (nSPS) is 12.2. The van der Waals surface area contributed by atoms with E-state index >= 15 is 0 Å². The van der Waals surface area contributed by atoms with Crippen LogP contribution in [0.5, 0.6) is 0 Å². The lowest BCUT2D eigenvalue weighted by molar-refractivity contribution is 0.564. The quantitative estimate of drug-likeness (QED) is 0.779. The van der Waals surface area contributed by atoms with Crippen LogP contribution in [0.1, 0.15) is 44.6 Å². The van der Waals surface area contributed by atoms with Crippen LogP contribution in [0.25, 0.3) is 16.2 Å². The Hall–Kier alpha value is -1.65. The second-order valence-corrected chi connectivity index (χ2v) is 7.49. The highest BCUT2D eigenvalue weighted by Gasteiger charge is 2.25. The van der Waals surface area contributed by atoms with E-state index in [0.717, 1.165) is 22.8 Å². The van der Waals surface area contributed by atoms with Gasteiger partial charge in [-0.25, -0.2) is 4.98 Å². The lowest BCUT2D eigenvalue weighted by Crippen LogP contribution is -2.17. The van der Waals surface area contributed by atoms with Crippen LogP contribution in [0, 0.1) is 0 Å². The summed E-state index contributed by atoms with van der Waals surface area (Å²) in [4.78, 5) is 5.86. The Balaban J connectivity index is 2.20. The van der Waals surface area contributed by atoms with Crippen molar-refractivity contribution in [2.24, 2.45) is 5.73 Å². The zero-order valence-corrected chi connectivity index (χ0v) is 14.5. The van der Waals surface area contributed by atoms with E-state index < -0.39 is 0 Å². The molecule has 116 valence electrons. The first-order chi connectivity index (χ1) is 10.5. The molecule has 0 spiro atoms. The molecule has 3 rings (SSSR count). The highest BCUT2D eigenvalue weighted by molar-refractivity contribution is 7.15. The van der Waals surface area contributed by atoms with Gasteiger partial charge in [0.2, 0.25) is 0 Å². The molecule has 3 aromatic rings. The predicted molar refractivity (Wildman–Crippen MR) is 94.5 cm³/mol. The average Bonchev–Trinajstić information content (AvgIpc) is 3.05. The number of nitrogens with zero attached hydrogens (tertiary/aromatic N) is 2. The average molecular weight is 313 g/mol. The summed E-state index contributed by atoms with van der Waals surface area (Å²) in [7, 11) is 0. The smallest absolute Gasteiger partial charge is 0.194 e. The molecule has 4 heteroatoms. The maximum atomic E-state index is 6.05. The number of aryl methyl sites for hydroxylation is 1. The number of rotatable bonds is 3. The molecule has 0 saturated carbocycles. The first-order valence-electron chi connectivity index (χ1n) is 7.74. The molecular formula is C18H23N3S. The van der Waals surface area contributed by atoms with Crippen LogP contribution < -0.4 is 5.73 Å². The maximum absolute atomic E-state index is 6.05. The molecule has 3 nitrogen and oxygen atoms in total. The van der Waals surface area contributed by atoms with Gasteiger partial charge in [-0.3, -0.25) is 4.40 Å². The van der Waals surface area contributed by atoms with E-state index in [9.17, 15) is 0 Å². The van der Waals surface area contributed by atoms with Crippen LogP contribution in [0.15, 0.2) is 29.6 Å². The van der Waals surface area contributed by atoms with Gasteiger partial charge in [-0.05, 0) is 17.5 Å². The molecule has 0 bridgehead atoms. The van der Waals surface area contributed by atoms with E-state index in [-0.39, 0.29) is 5.41 Å². The summed E-state index contributed by atoms with van der Waals surface area (Å²) >= 11 is 1.68. The number of benzene rings is 1. The Morgan fingerprint density at radius 1 is 1.18 bits per heavy atom. The Morgan fingerprint density at radius 3 is 2.41 bits per heavy atom. The van der Waals surface area contributed by atoms with E-state index in [1.807, 2.05) is 0 Å². The van der Waals surface area contributed by atoms with Crippen LogP contribution in [0.4, 0.5) is 0 Å². The number of aromatic nitrogens is 2. The molecule has 0 radical (unpaired) electrons. The fourth-order valence-electron chi connectivity index (χ4n) is 2.82. The molecule has 0 unspecified atom stereocenters. The zero-order valence-electron chi connectivity index (χ0n) is 13.7. The third kappa shape index (κ3) is 2.46. The van der Waals surface area contributed by atoms with Gasteiger partial charge in [-0.15, -0.1) is 11.3 Å². The third-order valence-electron chi connectivity index (χ3n) is 4.02. The van der Waals surface area contributed by atoms with Crippen molar-refractivity contribution in [1.82, 2.24) is 9.38 Å². The van der Waals surface area contributed by atoms with Crippen LogP contribution >= 0.6 is 11.3 Å². The Kier molecular flexibility index (Phi) is 3.83. The summed E-state index contributed by atoms with van der Waals surface area (Å²) in [5, 5.41) is 2.18. The number of imidazole rings is 1. The van der Waals surface area contributed by atoms with E-state index in [0.29, 0.717) is 6.54 Å². The van der Waals surface area contributed by atoms with Gasteiger partial charge in [-0.1, -0.05) is 52.0 Å². The van der Waals surface area contributed by atoms with Gasteiger partial charge in [0.25, 0.3) is 0 Å². The molecular weight excluding hydrogens is 290 g/mol. The second-order valence-electron chi connectivity index (χ2n) is 6.65. The molecule has 2 heterocycles. The zero-order chi connectivity index (χ0) is 15.9. The Labute approximate surface area is 135 Å². The van der Waals surface area contributed by atoms with Gasteiger partial charge < -0.3 is 5.73 Å². The van der Waals surface area contributed by atoms with Crippen molar-refractivity contribution in [3.8, 4) is 11.3 Å². The minimum absolute atomic E-state index is 0.00375. The summed E-state index contributed by atoms with van der Waals surface area (Å²) in [6, 6.07) is 8.78. The fourth-order valence-corrected chi connectivity index (χ4v) is 3.73. The number of fused-ring (bicyclic) bond motifs is 1. The molecule has 0 fully saturated rings. The number of thiazole rings is 1. The maximum Gasteiger partial charge on any atom is 0.194 e. The van der Waals surface area contributed by atoms with E-state index in [1.54, 1.807) is 11.3 Å². The highest BCUT2D eigenvalue weighted by Crippen LogP contribution is 2.33. The largest absolute Gasteiger partial charge is 0.325 e. The van der Waals surface area contributed by atoms with Gasteiger partial charge in [0.15, 0.2) is 4.96 Å². The molecule has 0 aliphatic heterocycles. The van der Waals surface area contributed by atoms with Crippen molar-refractivity contribution >= 4 is 16.3 Å². The molecule has 22 heavy (non-hydrogen) atoms. The standard InChI is InChI=1S/C18H23N3S/c1-5-12-6-8-13(9-7-12)15-11-22-17-20-16(18(2,3)4)14(10-19)21(15)17/h6-9,11H,5,10,19H2,1-4H3. The van der Waals surface area contributed by atoms with E-state index in [4.69, 9.17) is 10.7 Å². The Bertz CT molecular complexity index is 788. The van der Waals surface area contributed by atoms with E-state index in [1.165, 1.54) is 16.8 Å². The minimum Gasteiger partial charge on any atom is -0.325 e. The topological polar surface area (TPSA) is 43.3 Å². The molecule has 2 N–H and O–H groups in total. The second kappa shape index (κ2) is 5.52. The lowest BCUT2D eigenvalue weighted by Gasteiger charge is -2.17. The first kappa shape index (κ1) is 15.3. The van der Waals surface area contributed by atoms with Gasteiger partial charge in [0, 0.05) is 17.3 Å². The van der Waals surface area contributed by atoms with Crippen LogP contribution in [-0.2, 0) is 18.4 Å². The van der Waals surface area contributed by atoms with Crippen LogP contribution in [-0.4, -0.2) is 9.38 Å². The van der Waals surface area contributed by atoms with Crippen molar-refractivity contribution in [3.63, 3.8) is 0 Å². The van der Waals surface area contributed by atoms with Gasteiger partial charge in [0.1, 0.15) is 0 Å². The lowest BCUT2D eigenvalue weighted by atomic mass is 9.90. The first-order valence-corrected chi connectivity index (χ1v) is 8.62. The van der Waals surface area contributed by atoms with Crippen molar-refractivity contribution in [2.75, 3.05) is 0 Å². The Morgan fingerprint density at radius 2 is 1.86 bits per heavy atom.